The van der Waals surface area contributed by atoms with Crippen molar-refractivity contribution < 1.29 is 8.42 Å². The van der Waals surface area contributed by atoms with Crippen molar-refractivity contribution in [3.63, 3.8) is 0 Å². The maximum Gasteiger partial charge on any atom is 0.243 e. The van der Waals surface area contributed by atoms with Gasteiger partial charge in [0.1, 0.15) is 0 Å². The first-order chi connectivity index (χ1) is 9.57. The van der Waals surface area contributed by atoms with Crippen molar-refractivity contribution in [2.24, 2.45) is 5.92 Å². The zero-order chi connectivity index (χ0) is 14.6. The molecule has 0 spiro atoms. The van der Waals surface area contributed by atoms with Crippen LogP contribution in [0.2, 0.25) is 0 Å². The molecule has 2 rings (SSSR count). The maximum atomic E-state index is 12.6. The van der Waals surface area contributed by atoms with Crippen LogP contribution in [-0.2, 0) is 10.0 Å². The van der Waals surface area contributed by atoms with Gasteiger partial charge < -0.3 is 5.32 Å². The van der Waals surface area contributed by atoms with Crippen LogP contribution in [0.4, 0.5) is 0 Å². The van der Waals surface area contributed by atoms with E-state index in [1.807, 2.05) is 25.4 Å². The fourth-order valence-electron chi connectivity index (χ4n) is 2.55. The van der Waals surface area contributed by atoms with Gasteiger partial charge in [-0.1, -0.05) is 6.07 Å². The molecule has 0 aliphatic carbocycles. The fourth-order valence-corrected chi connectivity index (χ4v) is 4.60. The van der Waals surface area contributed by atoms with Crippen LogP contribution in [0, 0.1) is 5.92 Å². The molecule has 112 valence electrons. The number of benzene rings is 1. The average Bonchev–Trinajstić information content (AvgIpc) is 2.48. The summed E-state index contributed by atoms with van der Waals surface area (Å²) >= 11 is 1.56. The van der Waals surface area contributed by atoms with E-state index in [9.17, 15) is 8.42 Å². The molecule has 0 saturated carbocycles. The highest BCUT2D eigenvalue weighted by molar-refractivity contribution is 7.98. The minimum atomic E-state index is -3.33. The monoisotopic (exact) mass is 314 g/mol. The molecular formula is C14H22N2O2S2. The van der Waals surface area contributed by atoms with Crippen molar-refractivity contribution in [1.82, 2.24) is 9.62 Å². The predicted molar refractivity (Wildman–Crippen MR) is 83.6 cm³/mol. The van der Waals surface area contributed by atoms with Crippen molar-refractivity contribution in [2.45, 2.75) is 22.6 Å². The lowest BCUT2D eigenvalue weighted by molar-refractivity contribution is 0.270. The number of nitrogens with zero attached hydrogens (tertiary/aromatic N) is 1. The van der Waals surface area contributed by atoms with Gasteiger partial charge in [0, 0.05) is 18.0 Å². The molecule has 1 aliphatic rings. The van der Waals surface area contributed by atoms with Crippen molar-refractivity contribution in [3.8, 4) is 0 Å². The summed E-state index contributed by atoms with van der Waals surface area (Å²) in [5.41, 5.74) is 0. The Hall–Kier alpha value is -0.560. The van der Waals surface area contributed by atoms with Gasteiger partial charge in [0.25, 0.3) is 0 Å². The van der Waals surface area contributed by atoms with Gasteiger partial charge in [-0.25, -0.2) is 8.42 Å². The van der Waals surface area contributed by atoms with Crippen LogP contribution in [0.3, 0.4) is 0 Å². The van der Waals surface area contributed by atoms with Gasteiger partial charge in [0.15, 0.2) is 0 Å². The molecule has 0 bridgehead atoms. The van der Waals surface area contributed by atoms with Crippen molar-refractivity contribution >= 4 is 21.8 Å². The third-order valence-electron chi connectivity index (χ3n) is 3.75. The number of nitrogens with one attached hydrogen (secondary N) is 1. The van der Waals surface area contributed by atoms with Crippen molar-refractivity contribution in [3.05, 3.63) is 24.3 Å². The molecule has 20 heavy (non-hydrogen) atoms. The highest BCUT2D eigenvalue weighted by atomic mass is 32.2. The Morgan fingerprint density at radius 3 is 2.65 bits per heavy atom. The van der Waals surface area contributed by atoms with E-state index in [1.54, 1.807) is 28.2 Å². The third kappa shape index (κ3) is 3.55. The lowest BCUT2D eigenvalue weighted by Gasteiger charge is -2.31. The second-order valence-corrected chi connectivity index (χ2v) is 7.90. The Kier molecular flexibility index (Phi) is 5.49. The molecule has 1 saturated heterocycles. The average molecular weight is 314 g/mol. The van der Waals surface area contributed by atoms with E-state index < -0.39 is 10.0 Å². The summed E-state index contributed by atoms with van der Waals surface area (Å²) in [5, 5.41) is 3.17. The molecule has 0 unspecified atom stereocenters. The van der Waals surface area contributed by atoms with E-state index in [2.05, 4.69) is 5.32 Å². The van der Waals surface area contributed by atoms with E-state index in [-0.39, 0.29) is 0 Å². The number of thioether (sulfide) groups is 1. The SMILES string of the molecule is CNCC1CCN(S(=O)(=O)c2cccc(SC)c2)CC1. The van der Waals surface area contributed by atoms with Gasteiger partial charge in [-0.15, -0.1) is 11.8 Å². The van der Waals surface area contributed by atoms with Gasteiger partial charge in [-0.05, 0) is 56.8 Å². The molecule has 0 aromatic heterocycles. The van der Waals surface area contributed by atoms with Gasteiger partial charge in [0.05, 0.1) is 4.90 Å². The highest BCUT2D eigenvalue weighted by Gasteiger charge is 2.29. The Morgan fingerprint density at radius 2 is 2.05 bits per heavy atom. The standard InChI is InChI=1S/C14H22N2O2S2/c1-15-11-12-6-8-16(9-7-12)20(17,18)14-5-3-4-13(10-14)19-2/h3-5,10,12,15H,6-9,11H2,1-2H3. The van der Waals surface area contributed by atoms with Crippen LogP contribution < -0.4 is 5.32 Å². The van der Waals surface area contributed by atoms with E-state index >= 15 is 0 Å². The first-order valence-electron chi connectivity index (χ1n) is 6.86. The minimum Gasteiger partial charge on any atom is -0.319 e. The number of sulfonamides is 1. The van der Waals surface area contributed by atoms with Crippen LogP contribution in [0.1, 0.15) is 12.8 Å². The van der Waals surface area contributed by atoms with Crippen LogP contribution >= 0.6 is 11.8 Å². The molecule has 1 aliphatic heterocycles. The molecule has 1 fully saturated rings. The summed E-state index contributed by atoms with van der Waals surface area (Å²) < 4.78 is 26.9. The number of rotatable bonds is 5. The van der Waals surface area contributed by atoms with Gasteiger partial charge in [0.2, 0.25) is 10.0 Å². The second-order valence-electron chi connectivity index (χ2n) is 5.08. The quantitative estimate of drug-likeness (QED) is 0.845. The Balaban J connectivity index is 2.11. The zero-order valence-electron chi connectivity index (χ0n) is 12.0. The molecule has 1 aromatic carbocycles. The Bertz CT molecular complexity index is 538. The zero-order valence-corrected chi connectivity index (χ0v) is 13.6. The van der Waals surface area contributed by atoms with Crippen LogP contribution in [0.15, 0.2) is 34.1 Å². The maximum absolute atomic E-state index is 12.6. The number of hydrogen-bond donors (Lipinski definition) is 1. The summed E-state index contributed by atoms with van der Waals surface area (Å²) in [4.78, 5) is 1.40. The highest BCUT2D eigenvalue weighted by Crippen LogP contribution is 2.25. The smallest absolute Gasteiger partial charge is 0.243 e. The summed E-state index contributed by atoms with van der Waals surface area (Å²) in [6.07, 6.45) is 3.82. The fraction of sp³-hybridized carbons (Fsp3) is 0.571. The van der Waals surface area contributed by atoms with Crippen LogP contribution in [0.25, 0.3) is 0 Å². The number of piperidine rings is 1. The summed E-state index contributed by atoms with van der Waals surface area (Å²) in [6, 6.07) is 7.20. The molecule has 6 heteroatoms. The normalized spacial score (nSPS) is 18.3. The van der Waals surface area contributed by atoms with Crippen LogP contribution in [-0.4, -0.2) is 45.7 Å². The van der Waals surface area contributed by atoms with Gasteiger partial charge >= 0.3 is 0 Å². The molecule has 0 amide bonds. The molecular weight excluding hydrogens is 292 g/mol. The lowest BCUT2D eigenvalue weighted by atomic mass is 9.98. The van der Waals surface area contributed by atoms with E-state index in [0.717, 1.165) is 24.3 Å². The van der Waals surface area contributed by atoms with Crippen molar-refractivity contribution in [1.29, 1.82) is 0 Å². The van der Waals surface area contributed by atoms with Crippen LogP contribution in [0.5, 0.6) is 0 Å². The van der Waals surface area contributed by atoms with E-state index in [0.29, 0.717) is 23.9 Å². The molecule has 1 heterocycles. The first-order valence-corrected chi connectivity index (χ1v) is 9.53. The predicted octanol–water partition coefficient (Wildman–Crippen LogP) is 2.03. The summed E-state index contributed by atoms with van der Waals surface area (Å²) in [6.45, 7) is 2.21. The lowest BCUT2D eigenvalue weighted by Crippen LogP contribution is -2.40. The minimum absolute atomic E-state index is 0.413. The Morgan fingerprint density at radius 1 is 1.35 bits per heavy atom. The largest absolute Gasteiger partial charge is 0.319 e. The topological polar surface area (TPSA) is 49.4 Å². The third-order valence-corrected chi connectivity index (χ3v) is 6.37. The molecule has 1 N–H and O–H groups in total. The van der Waals surface area contributed by atoms with Crippen molar-refractivity contribution in [2.75, 3.05) is 32.9 Å². The molecule has 4 nitrogen and oxygen atoms in total. The number of hydrogen-bond acceptors (Lipinski definition) is 4. The Labute approximate surface area is 126 Å². The van der Waals surface area contributed by atoms with E-state index in [1.165, 1.54) is 0 Å². The first kappa shape index (κ1) is 15.8. The summed E-state index contributed by atoms with van der Waals surface area (Å²) in [7, 11) is -1.39. The molecule has 0 atom stereocenters. The summed E-state index contributed by atoms with van der Waals surface area (Å²) in [5.74, 6) is 0.587. The molecule has 1 aromatic rings. The molecule has 0 radical (unpaired) electrons. The second kappa shape index (κ2) is 6.93. The van der Waals surface area contributed by atoms with Gasteiger partial charge in [-0.3, -0.25) is 0 Å². The van der Waals surface area contributed by atoms with Gasteiger partial charge in [-0.2, -0.15) is 4.31 Å². The van der Waals surface area contributed by atoms with E-state index in [4.69, 9.17) is 0 Å².